The summed E-state index contributed by atoms with van der Waals surface area (Å²) in [6.45, 7) is 0. The third-order valence-electron chi connectivity index (χ3n) is 8.68. The van der Waals surface area contributed by atoms with Gasteiger partial charge in [0.2, 0.25) is 5.95 Å². The third kappa shape index (κ3) is 3.67. The van der Waals surface area contributed by atoms with Gasteiger partial charge in [-0.3, -0.25) is 4.57 Å². The van der Waals surface area contributed by atoms with Gasteiger partial charge in [-0.2, -0.15) is 9.97 Å². The van der Waals surface area contributed by atoms with Crippen LogP contribution in [0.3, 0.4) is 0 Å². The molecule has 210 valence electrons. The highest BCUT2D eigenvalue weighted by atomic mass is 32.1. The summed E-state index contributed by atoms with van der Waals surface area (Å²) in [6.07, 6.45) is 0. The van der Waals surface area contributed by atoms with Gasteiger partial charge < -0.3 is 0 Å². The summed E-state index contributed by atoms with van der Waals surface area (Å²) in [7, 11) is 0. The Labute approximate surface area is 265 Å². The minimum atomic E-state index is 0.612. The second-order valence-electron chi connectivity index (χ2n) is 11.2. The molecule has 6 heteroatoms. The molecule has 4 aromatic heterocycles. The molecule has 0 saturated heterocycles. The lowest BCUT2D eigenvalue weighted by atomic mass is 10.1. The van der Waals surface area contributed by atoms with Crippen molar-refractivity contribution in [1.82, 2.24) is 19.5 Å². The molecule has 0 N–H and O–H groups in total. The fraction of sp³-hybridized carbons (Fsp3) is 0. The quantitative estimate of drug-likeness (QED) is 0.200. The van der Waals surface area contributed by atoms with E-state index in [0.717, 1.165) is 22.2 Å². The van der Waals surface area contributed by atoms with Gasteiger partial charge in [-0.05, 0) is 36.4 Å². The van der Waals surface area contributed by atoms with Crippen LogP contribution in [0.2, 0.25) is 0 Å². The van der Waals surface area contributed by atoms with Crippen LogP contribution in [0.4, 0.5) is 0 Å². The lowest BCUT2D eigenvalue weighted by molar-refractivity contribution is 0.954. The first-order chi connectivity index (χ1) is 22.3. The maximum Gasteiger partial charge on any atom is 0.238 e. The molecule has 45 heavy (non-hydrogen) atoms. The standard InChI is InChI=1S/C39H22N4S2/c1-2-11-23(12-3-1)37-40-38(27-16-10-20-32-34(27)25-14-5-8-18-30(25)44-32)42-39(41-37)43-28-17-7-4-13-24(28)35-29(43)21-22-33-36(35)26-15-6-9-19-31(26)45-33/h1-22H. The van der Waals surface area contributed by atoms with Crippen molar-refractivity contribution in [2.24, 2.45) is 0 Å². The van der Waals surface area contributed by atoms with Crippen molar-refractivity contribution < 1.29 is 0 Å². The molecule has 6 aromatic carbocycles. The Bertz CT molecular complexity index is 2770. The van der Waals surface area contributed by atoms with Gasteiger partial charge in [0, 0.05) is 62.2 Å². The molecular weight excluding hydrogens is 589 g/mol. The molecule has 4 nitrogen and oxygen atoms in total. The van der Waals surface area contributed by atoms with E-state index in [4.69, 9.17) is 15.0 Å². The predicted molar refractivity (Wildman–Crippen MR) is 191 cm³/mol. The molecule has 0 fully saturated rings. The molecule has 10 aromatic rings. The summed E-state index contributed by atoms with van der Waals surface area (Å²) in [5, 5.41) is 7.40. The molecule has 0 aliphatic rings. The minimum absolute atomic E-state index is 0.612. The second kappa shape index (κ2) is 9.53. The Morgan fingerprint density at radius 2 is 1.02 bits per heavy atom. The maximum atomic E-state index is 5.29. The van der Waals surface area contributed by atoms with Gasteiger partial charge in [-0.15, -0.1) is 22.7 Å². The van der Waals surface area contributed by atoms with E-state index in [9.17, 15) is 0 Å². The van der Waals surface area contributed by atoms with Gasteiger partial charge in [-0.25, -0.2) is 4.98 Å². The van der Waals surface area contributed by atoms with Crippen LogP contribution in [0.25, 0.3) is 90.9 Å². The van der Waals surface area contributed by atoms with Crippen LogP contribution in [0, 0.1) is 0 Å². The summed E-state index contributed by atoms with van der Waals surface area (Å²) < 4.78 is 7.28. The van der Waals surface area contributed by atoms with Gasteiger partial charge in [-0.1, -0.05) is 97.1 Å². The Balaban J connectivity index is 1.33. The predicted octanol–water partition coefficient (Wildman–Crippen LogP) is 11.0. The van der Waals surface area contributed by atoms with Crippen molar-refractivity contribution in [3.8, 4) is 28.7 Å². The summed E-state index contributed by atoms with van der Waals surface area (Å²) >= 11 is 3.65. The fourth-order valence-electron chi connectivity index (χ4n) is 6.75. The minimum Gasteiger partial charge on any atom is -0.278 e. The van der Waals surface area contributed by atoms with E-state index in [2.05, 4.69) is 120 Å². The molecule has 0 unspecified atom stereocenters. The largest absolute Gasteiger partial charge is 0.278 e. The van der Waals surface area contributed by atoms with E-state index in [1.54, 1.807) is 11.3 Å². The molecule has 10 rings (SSSR count). The van der Waals surface area contributed by atoms with Gasteiger partial charge in [0.25, 0.3) is 0 Å². The van der Waals surface area contributed by atoms with Crippen molar-refractivity contribution in [3.63, 3.8) is 0 Å². The number of rotatable bonds is 3. The Kier molecular flexibility index (Phi) is 5.29. The number of hydrogen-bond donors (Lipinski definition) is 0. The SMILES string of the molecule is c1ccc(-c2nc(-c3cccc4sc5ccccc5c34)nc(-n3c4ccccc4c4c5c(ccc43)sc3ccccc35)n2)cc1. The molecule has 0 bridgehead atoms. The van der Waals surface area contributed by atoms with Crippen molar-refractivity contribution in [1.29, 1.82) is 0 Å². The van der Waals surface area contributed by atoms with E-state index in [-0.39, 0.29) is 0 Å². The topological polar surface area (TPSA) is 43.6 Å². The number of benzene rings is 6. The van der Waals surface area contributed by atoms with E-state index in [0.29, 0.717) is 17.6 Å². The zero-order chi connectivity index (χ0) is 29.5. The van der Waals surface area contributed by atoms with Crippen LogP contribution in [-0.2, 0) is 0 Å². The van der Waals surface area contributed by atoms with Gasteiger partial charge in [0.15, 0.2) is 11.6 Å². The first kappa shape index (κ1) is 25.0. The summed E-state index contributed by atoms with van der Waals surface area (Å²) in [4.78, 5) is 15.6. The number of thiophene rings is 2. The number of fused-ring (bicyclic) bond motifs is 10. The number of aromatic nitrogens is 4. The van der Waals surface area contributed by atoms with Crippen LogP contribution >= 0.6 is 22.7 Å². The second-order valence-corrected chi connectivity index (χ2v) is 13.4. The Morgan fingerprint density at radius 3 is 1.82 bits per heavy atom. The zero-order valence-electron chi connectivity index (χ0n) is 23.8. The number of para-hydroxylation sites is 1. The van der Waals surface area contributed by atoms with Crippen LogP contribution in [-0.4, -0.2) is 19.5 Å². The van der Waals surface area contributed by atoms with E-state index in [1.807, 2.05) is 29.5 Å². The fourth-order valence-corrected chi connectivity index (χ4v) is 9.00. The van der Waals surface area contributed by atoms with Crippen molar-refractivity contribution in [3.05, 3.63) is 133 Å². The highest BCUT2D eigenvalue weighted by Gasteiger charge is 2.21. The first-order valence-electron chi connectivity index (χ1n) is 14.9. The molecule has 4 heterocycles. The van der Waals surface area contributed by atoms with Crippen molar-refractivity contribution in [2.75, 3.05) is 0 Å². The number of hydrogen-bond acceptors (Lipinski definition) is 5. The van der Waals surface area contributed by atoms with Gasteiger partial charge in [0.1, 0.15) is 0 Å². The lowest BCUT2D eigenvalue weighted by Crippen LogP contribution is -2.06. The number of nitrogens with zero attached hydrogens (tertiary/aromatic N) is 4. The molecule has 0 saturated carbocycles. The van der Waals surface area contributed by atoms with Crippen molar-refractivity contribution in [2.45, 2.75) is 0 Å². The third-order valence-corrected chi connectivity index (χ3v) is 10.9. The van der Waals surface area contributed by atoms with E-state index in [1.165, 1.54) is 51.1 Å². The molecule has 0 spiro atoms. The van der Waals surface area contributed by atoms with Crippen LogP contribution in [0.15, 0.2) is 133 Å². The molecule has 0 radical (unpaired) electrons. The summed E-state index contributed by atoms with van der Waals surface area (Å²) in [5.74, 6) is 1.93. The normalized spacial score (nSPS) is 12.0. The molecule has 0 aliphatic carbocycles. The lowest BCUT2D eigenvalue weighted by Gasteiger charge is -2.11. The maximum absolute atomic E-state index is 5.29. The summed E-state index contributed by atoms with van der Waals surface area (Å²) in [5.41, 5.74) is 4.13. The molecule has 0 aliphatic heterocycles. The average molecular weight is 611 g/mol. The van der Waals surface area contributed by atoms with E-state index < -0.39 is 0 Å². The molecule has 0 atom stereocenters. The molecular formula is C39H22N4S2. The van der Waals surface area contributed by atoms with Crippen LogP contribution in [0.1, 0.15) is 0 Å². The zero-order valence-corrected chi connectivity index (χ0v) is 25.4. The highest BCUT2D eigenvalue weighted by molar-refractivity contribution is 7.26. The Morgan fingerprint density at radius 1 is 0.400 bits per heavy atom. The molecule has 0 amide bonds. The van der Waals surface area contributed by atoms with Crippen LogP contribution in [0.5, 0.6) is 0 Å². The first-order valence-corrected chi connectivity index (χ1v) is 16.5. The monoisotopic (exact) mass is 610 g/mol. The van der Waals surface area contributed by atoms with E-state index >= 15 is 0 Å². The Hall–Kier alpha value is -5.43. The van der Waals surface area contributed by atoms with Crippen LogP contribution < -0.4 is 0 Å². The smallest absolute Gasteiger partial charge is 0.238 e. The van der Waals surface area contributed by atoms with Crippen molar-refractivity contribution >= 4 is 84.8 Å². The van der Waals surface area contributed by atoms with Gasteiger partial charge >= 0.3 is 0 Å². The van der Waals surface area contributed by atoms with Gasteiger partial charge in [0.05, 0.1) is 11.0 Å². The summed E-state index contributed by atoms with van der Waals surface area (Å²) in [6, 6.07) is 47.0. The average Bonchev–Trinajstić information content (AvgIpc) is 3.77. The highest BCUT2D eigenvalue weighted by Crippen LogP contribution is 2.44.